The minimum Gasteiger partial charge on any atom is -0.371 e. The van der Waals surface area contributed by atoms with E-state index in [1.54, 1.807) is 0 Å². The summed E-state index contributed by atoms with van der Waals surface area (Å²) >= 11 is 0. The number of hydrogen-bond donors (Lipinski definition) is 1. The monoisotopic (exact) mass is 333 g/mol. The third-order valence-corrected chi connectivity index (χ3v) is 4.82. The molecule has 0 amide bonds. The van der Waals surface area contributed by atoms with Crippen LogP contribution in [0.1, 0.15) is 23.1 Å². The van der Waals surface area contributed by atoms with Crippen molar-refractivity contribution in [1.82, 2.24) is 15.3 Å². The van der Waals surface area contributed by atoms with Crippen LogP contribution >= 0.6 is 0 Å². The number of sulfone groups is 1. The van der Waals surface area contributed by atoms with Crippen LogP contribution < -0.4 is 5.32 Å². The quantitative estimate of drug-likeness (QED) is 0.903. The lowest BCUT2D eigenvalue weighted by molar-refractivity contribution is 0.0277. The van der Waals surface area contributed by atoms with E-state index >= 15 is 0 Å². The summed E-state index contributed by atoms with van der Waals surface area (Å²) in [6, 6.07) is 8.16. The van der Waals surface area contributed by atoms with Crippen molar-refractivity contribution < 1.29 is 13.2 Å². The van der Waals surface area contributed by atoms with Crippen molar-refractivity contribution in [1.29, 1.82) is 0 Å². The molecule has 0 bridgehead atoms. The Morgan fingerprint density at radius 1 is 1.22 bits per heavy atom. The van der Waals surface area contributed by atoms with Crippen molar-refractivity contribution in [3.63, 3.8) is 0 Å². The van der Waals surface area contributed by atoms with Crippen LogP contribution in [0.15, 0.2) is 41.6 Å². The molecule has 0 saturated carbocycles. The molecule has 1 aromatic carbocycles. The number of morpholine rings is 1. The molecule has 1 atom stereocenters. The van der Waals surface area contributed by atoms with Gasteiger partial charge >= 0.3 is 0 Å². The average Bonchev–Trinajstić information content (AvgIpc) is 2.56. The van der Waals surface area contributed by atoms with Gasteiger partial charge in [-0.2, -0.15) is 0 Å². The van der Waals surface area contributed by atoms with Gasteiger partial charge in [-0.05, 0) is 11.1 Å². The van der Waals surface area contributed by atoms with Crippen LogP contribution in [-0.2, 0) is 21.0 Å². The minimum atomic E-state index is -3.26. The number of rotatable bonds is 4. The zero-order valence-corrected chi connectivity index (χ0v) is 13.7. The summed E-state index contributed by atoms with van der Waals surface area (Å²) in [7, 11) is -3.26. The molecule has 1 N–H and O–H groups in total. The van der Waals surface area contributed by atoms with Crippen LogP contribution in [0.2, 0.25) is 0 Å². The van der Waals surface area contributed by atoms with Gasteiger partial charge in [0.25, 0.3) is 0 Å². The summed E-state index contributed by atoms with van der Waals surface area (Å²) in [6.45, 7) is 2.46. The zero-order valence-electron chi connectivity index (χ0n) is 12.9. The average molecular weight is 333 g/mol. The van der Waals surface area contributed by atoms with Crippen molar-refractivity contribution >= 4 is 9.84 Å². The van der Waals surface area contributed by atoms with E-state index < -0.39 is 9.84 Å². The minimum absolute atomic E-state index is 0.100. The van der Waals surface area contributed by atoms with Gasteiger partial charge in [0.05, 0.1) is 12.7 Å². The Morgan fingerprint density at radius 2 is 1.91 bits per heavy atom. The Labute approximate surface area is 135 Å². The van der Waals surface area contributed by atoms with Crippen LogP contribution in [0.3, 0.4) is 0 Å². The van der Waals surface area contributed by atoms with Crippen LogP contribution in [0.25, 0.3) is 0 Å². The standard InChI is InChI=1S/C16H19N3O3S/c1-23(20,21)14-9-18-16(19-10-14)8-12-2-4-13(5-3-12)15-11-17-6-7-22-15/h2-5,9-10,15,17H,6-8,11H2,1H3/t15-/m1/s1. The summed E-state index contributed by atoms with van der Waals surface area (Å²) in [5, 5.41) is 3.31. The molecule has 1 fully saturated rings. The predicted octanol–water partition coefficient (Wildman–Crippen LogP) is 1.13. The highest BCUT2D eigenvalue weighted by molar-refractivity contribution is 7.90. The molecule has 0 unspecified atom stereocenters. The molecule has 122 valence electrons. The maximum atomic E-state index is 11.4. The third-order valence-electron chi connectivity index (χ3n) is 3.75. The molecule has 2 aromatic rings. The normalized spacial score (nSPS) is 18.7. The van der Waals surface area contributed by atoms with Gasteiger partial charge in [0, 0.05) is 38.2 Å². The van der Waals surface area contributed by atoms with Gasteiger partial charge in [0.15, 0.2) is 9.84 Å². The molecule has 7 heteroatoms. The first-order valence-corrected chi connectivity index (χ1v) is 9.33. The van der Waals surface area contributed by atoms with Gasteiger partial charge in [0.2, 0.25) is 0 Å². The number of nitrogens with zero attached hydrogens (tertiary/aromatic N) is 2. The molecule has 1 aliphatic rings. The fraction of sp³-hybridized carbons (Fsp3) is 0.375. The first kappa shape index (κ1) is 16.0. The summed E-state index contributed by atoms with van der Waals surface area (Å²) in [6.07, 6.45) is 4.52. The van der Waals surface area contributed by atoms with E-state index in [2.05, 4.69) is 27.4 Å². The van der Waals surface area contributed by atoms with Gasteiger partial charge in [-0.1, -0.05) is 24.3 Å². The number of nitrogens with one attached hydrogen (secondary N) is 1. The number of benzene rings is 1. The fourth-order valence-electron chi connectivity index (χ4n) is 2.44. The predicted molar refractivity (Wildman–Crippen MR) is 86.0 cm³/mol. The molecule has 3 rings (SSSR count). The van der Waals surface area contributed by atoms with Gasteiger partial charge < -0.3 is 10.1 Å². The van der Waals surface area contributed by atoms with E-state index in [0.29, 0.717) is 12.2 Å². The number of hydrogen-bond acceptors (Lipinski definition) is 6. The number of aromatic nitrogens is 2. The number of ether oxygens (including phenoxy) is 1. The molecule has 0 radical (unpaired) electrons. The largest absolute Gasteiger partial charge is 0.371 e. The first-order chi connectivity index (χ1) is 11.0. The van der Waals surface area contributed by atoms with Gasteiger partial charge in [-0.3, -0.25) is 0 Å². The molecular weight excluding hydrogens is 314 g/mol. The van der Waals surface area contributed by atoms with Crippen molar-refractivity contribution in [3.05, 3.63) is 53.6 Å². The maximum absolute atomic E-state index is 11.4. The molecule has 2 heterocycles. The highest BCUT2D eigenvalue weighted by atomic mass is 32.2. The fourth-order valence-corrected chi connectivity index (χ4v) is 2.93. The lowest BCUT2D eigenvalue weighted by atomic mass is 10.0. The topological polar surface area (TPSA) is 81.2 Å². The summed E-state index contributed by atoms with van der Waals surface area (Å²) in [5.74, 6) is 0.598. The van der Waals surface area contributed by atoms with Gasteiger partial charge in [-0.25, -0.2) is 18.4 Å². The van der Waals surface area contributed by atoms with Crippen molar-refractivity contribution in [2.75, 3.05) is 26.0 Å². The van der Waals surface area contributed by atoms with Gasteiger partial charge in [-0.15, -0.1) is 0 Å². The highest BCUT2D eigenvalue weighted by Gasteiger charge is 2.15. The lowest BCUT2D eigenvalue weighted by Gasteiger charge is -2.24. The molecule has 0 spiro atoms. The van der Waals surface area contributed by atoms with E-state index in [4.69, 9.17) is 4.74 Å². The molecule has 6 nitrogen and oxygen atoms in total. The van der Waals surface area contributed by atoms with Crippen molar-refractivity contribution in [2.24, 2.45) is 0 Å². The SMILES string of the molecule is CS(=O)(=O)c1cnc(Cc2ccc([C@H]3CNCCO3)cc2)nc1. The molecule has 1 aliphatic heterocycles. The summed E-state index contributed by atoms with van der Waals surface area (Å²) < 4.78 is 28.5. The van der Waals surface area contributed by atoms with Crippen LogP contribution in [-0.4, -0.2) is 44.3 Å². The maximum Gasteiger partial charge on any atom is 0.178 e. The second-order valence-electron chi connectivity index (χ2n) is 5.59. The van der Waals surface area contributed by atoms with Gasteiger partial charge in [0.1, 0.15) is 10.7 Å². The van der Waals surface area contributed by atoms with E-state index in [0.717, 1.165) is 37.1 Å². The molecule has 1 saturated heterocycles. The lowest BCUT2D eigenvalue weighted by Crippen LogP contribution is -2.33. The summed E-state index contributed by atoms with van der Waals surface area (Å²) in [4.78, 5) is 8.39. The Bertz CT molecular complexity index is 752. The third kappa shape index (κ3) is 4.13. The van der Waals surface area contributed by atoms with Crippen LogP contribution in [0, 0.1) is 0 Å². The molecular formula is C16H19N3O3S. The Balaban J connectivity index is 1.68. The van der Waals surface area contributed by atoms with E-state index in [9.17, 15) is 8.42 Å². The Hall–Kier alpha value is -1.83. The Morgan fingerprint density at radius 3 is 2.48 bits per heavy atom. The van der Waals surface area contributed by atoms with E-state index in [-0.39, 0.29) is 11.0 Å². The second kappa shape index (κ2) is 6.74. The second-order valence-corrected chi connectivity index (χ2v) is 7.60. The smallest absolute Gasteiger partial charge is 0.178 e. The molecule has 23 heavy (non-hydrogen) atoms. The zero-order chi connectivity index (χ0) is 16.3. The molecule has 1 aromatic heterocycles. The highest BCUT2D eigenvalue weighted by Crippen LogP contribution is 2.19. The first-order valence-electron chi connectivity index (χ1n) is 7.44. The van der Waals surface area contributed by atoms with Crippen LogP contribution in [0.5, 0.6) is 0 Å². The van der Waals surface area contributed by atoms with Crippen LogP contribution in [0.4, 0.5) is 0 Å². The Kier molecular flexibility index (Phi) is 4.70. The van der Waals surface area contributed by atoms with Crippen molar-refractivity contribution in [2.45, 2.75) is 17.4 Å². The molecule has 0 aliphatic carbocycles. The summed E-state index contributed by atoms with van der Waals surface area (Å²) in [5.41, 5.74) is 2.22. The van der Waals surface area contributed by atoms with E-state index in [1.165, 1.54) is 12.4 Å². The van der Waals surface area contributed by atoms with Crippen molar-refractivity contribution in [3.8, 4) is 0 Å². The van der Waals surface area contributed by atoms with E-state index in [1.807, 2.05) is 12.1 Å².